The third kappa shape index (κ3) is 8.57. The van der Waals surface area contributed by atoms with Crippen molar-refractivity contribution in [2.24, 2.45) is 0 Å². The molecule has 52 heavy (non-hydrogen) atoms. The second kappa shape index (κ2) is 16.8. The summed E-state index contributed by atoms with van der Waals surface area (Å²) < 4.78 is 6.04. The number of thiophene rings is 1. The van der Waals surface area contributed by atoms with Crippen molar-refractivity contribution in [1.82, 2.24) is 9.97 Å². The van der Waals surface area contributed by atoms with E-state index >= 15 is 0 Å². The van der Waals surface area contributed by atoms with Crippen molar-refractivity contribution >= 4 is 120 Å². The van der Waals surface area contributed by atoms with E-state index in [1.54, 1.807) is 42.5 Å². The average Bonchev–Trinajstić information content (AvgIpc) is 3.93. The van der Waals surface area contributed by atoms with Crippen molar-refractivity contribution in [3.05, 3.63) is 135 Å². The summed E-state index contributed by atoms with van der Waals surface area (Å²) in [6.45, 7) is 0. The largest absolute Gasteiger partial charge is 0.478 e. The minimum Gasteiger partial charge on any atom is -0.478 e. The number of aromatic carboxylic acids is 1. The van der Waals surface area contributed by atoms with Crippen LogP contribution >= 0.6 is 108 Å². The van der Waals surface area contributed by atoms with E-state index in [4.69, 9.17) is 62.7 Å². The molecule has 3 heterocycles. The van der Waals surface area contributed by atoms with Gasteiger partial charge in [-0.25, -0.2) is 19.6 Å². The van der Waals surface area contributed by atoms with Crippen LogP contribution in [0.2, 0.25) is 24.4 Å². The number of hydrogen-bond acceptors (Lipinski definition) is 8. The molecule has 0 radical (unpaired) electrons. The van der Waals surface area contributed by atoms with Gasteiger partial charge in [0.2, 0.25) is 0 Å². The molecule has 0 unspecified atom stereocenters. The van der Waals surface area contributed by atoms with Crippen LogP contribution in [0.15, 0.2) is 99.5 Å². The maximum Gasteiger partial charge on any atom is 0.339 e. The Bertz CT molecular complexity index is 2460. The van der Waals surface area contributed by atoms with Crippen molar-refractivity contribution < 1.29 is 19.4 Å². The number of aromatic nitrogens is 2. The van der Waals surface area contributed by atoms with Crippen LogP contribution in [-0.2, 0) is 4.74 Å². The first-order valence-electron chi connectivity index (χ1n) is 14.7. The van der Waals surface area contributed by atoms with E-state index in [2.05, 4.69) is 25.9 Å². The molecule has 0 amide bonds. The lowest BCUT2D eigenvalue weighted by atomic mass is 9.99. The van der Waals surface area contributed by atoms with Gasteiger partial charge in [0.05, 0.1) is 49.7 Å². The molecule has 262 valence electrons. The SMILES string of the molecule is COC(=O)c1cc(-c2nc(-c3ccc(Cl)c(Cl)c3)cs2)ccc1Br.O=C(O)c1cc(-c2nc(-c3ccc(Cl)c(Cl)c3)cs2)ccc1-c1ccsc1Cl. The predicted octanol–water partition coefficient (Wildman–Crippen LogP) is 14.2. The number of nitrogens with zero attached hydrogens (tertiary/aromatic N) is 2. The summed E-state index contributed by atoms with van der Waals surface area (Å²) in [5.41, 5.74) is 6.80. The topological polar surface area (TPSA) is 89.4 Å². The molecule has 15 heteroatoms. The van der Waals surface area contributed by atoms with E-state index in [1.165, 1.54) is 41.1 Å². The van der Waals surface area contributed by atoms with E-state index < -0.39 is 11.9 Å². The van der Waals surface area contributed by atoms with Gasteiger partial charge in [-0.1, -0.05) is 88.3 Å². The third-order valence-corrected chi connectivity index (χ3v) is 12.6. The number of carbonyl (C=O) groups is 2. The van der Waals surface area contributed by atoms with Crippen LogP contribution in [0, 0.1) is 0 Å². The van der Waals surface area contributed by atoms with E-state index in [-0.39, 0.29) is 5.56 Å². The Morgan fingerprint density at radius 3 is 1.63 bits per heavy atom. The molecule has 0 aliphatic carbocycles. The van der Waals surface area contributed by atoms with E-state index in [1.807, 2.05) is 52.5 Å². The summed E-state index contributed by atoms with van der Waals surface area (Å²) in [4.78, 5) is 32.9. The average molecular weight is 910 g/mol. The second-order valence-electron chi connectivity index (χ2n) is 10.7. The molecule has 0 aliphatic heterocycles. The van der Waals surface area contributed by atoms with Crippen molar-refractivity contribution in [3.63, 3.8) is 0 Å². The van der Waals surface area contributed by atoms with E-state index in [0.717, 1.165) is 38.6 Å². The first kappa shape index (κ1) is 38.4. The number of ether oxygens (including phenoxy) is 1. The van der Waals surface area contributed by atoms with Crippen LogP contribution in [-0.4, -0.2) is 34.1 Å². The standard InChI is InChI=1S/C20H10Cl3NO2S2.C17H10BrCl2NO2S/c21-15-4-2-10(8-16(15)22)17-9-28-19(24-17)11-1-3-12(14(7-11)20(25)26)13-5-6-27-18(13)23;1-23-17(22)11-6-10(2-4-12(11)18)16-21-15(8-24-16)9-3-5-13(19)14(20)7-9/h1-9H,(H,25,26);2-8H,1H3. The number of benzene rings is 4. The van der Waals surface area contributed by atoms with Gasteiger partial charge < -0.3 is 9.84 Å². The molecule has 1 N–H and O–H groups in total. The van der Waals surface area contributed by atoms with Gasteiger partial charge >= 0.3 is 11.9 Å². The number of halogens is 6. The zero-order chi connectivity index (χ0) is 37.1. The highest BCUT2D eigenvalue weighted by Crippen LogP contribution is 2.38. The summed E-state index contributed by atoms with van der Waals surface area (Å²) in [6, 6.07) is 23.3. The molecule has 0 atom stereocenters. The molecule has 6 nitrogen and oxygen atoms in total. The molecule has 3 aromatic heterocycles. The molecule has 7 rings (SSSR count). The predicted molar refractivity (Wildman–Crippen MR) is 220 cm³/mol. The van der Waals surface area contributed by atoms with Crippen LogP contribution in [0.25, 0.3) is 54.8 Å². The number of carbonyl (C=O) groups excluding carboxylic acids is 1. The minimum absolute atomic E-state index is 0.184. The van der Waals surface area contributed by atoms with Gasteiger partial charge in [-0.2, -0.15) is 0 Å². The fourth-order valence-electron chi connectivity index (χ4n) is 4.89. The van der Waals surface area contributed by atoms with Crippen LogP contribution in [0.3, 0.4) is 0 Å². The number of esters is 1. The summed E-state index contributed by atoms with van der Waals surface area (Å²) in [6.07, 6.45) is 0. The van der Waals surface area contributed by atoms with Gasteiger partial charge in [-0.3, -0.25) is 0 Å². The monoisotopic (exact) mass is 906 g/mol. The first-order valence-corrected chi connectivity index (χ1v) is 20.1. The molecule has 0 bridgehead atoms. The Morgan fingerprint density at radius 1 is 0.635 bits per heavy atom. The lowest BCUT2D eigenvalue weighted by molar-refractivity contribution is 0.0598. The third-order valence-electron chi connectivity index (χ3n) is 7.46. The lowest BCUT2D eigenvalue weighted by Crippen LogP contribution is -2.02. The number of methoxy groups -OCH3 is 1. The molecular formula is C37H20BrCl5N2O4S3. The van der Waals surface area contributed by atoms with Gasteiger partial charge in [0, 0.05) is 43.1 Å². The van der Waals surface area contributed by atoms with Crippen molar-refractivity contribution in [2.75, 3.05) is 7.11 Å². The molecule has 0 saturated heterocycles. The van der Waals surface area contributed by atoms with Gasteiger partial charge in [0.1, 0.15) is 14.4 Å². The maximum atomic E-state index is 11.8. The van der Waals surface area contributed by atoms with Crippen LogP contribution < -0.4 is 0 Å². The van der Waals surface area contributed by atoms with Crippen molar-refractivity contribution in [2.45, 2.75) is 0 Å². The molecule has 0 aliphatic rings. The quantitative estimate of drug-likeness (QED) is 0.160. The normalized spacial score (nSPS) is 10.8. The Labute approximate surface area is 343 Å². The number of carboxylic acid groups (broad SMARTS) is 1. The van der Waals surface area contributed by atoms with Crippen LogP contribution in [0.5, 0.6) is 0 Å². The zero-order valence-corrected chi connectivity index (χ0v) is 34.1. The van der Waals surface area contributed by atoms with Crippen LogP contribution in [0.1, 0.15) is 20.7 Å². The molecule has 7 aromatic rings. The fraction of sp³-hybridized carbons (Fsp3) is 0.0270. The number of rotatable bonds is 7. The molecular weight excluding hydrogens is 890 g/mol. The summed E-state index contributed by atoms with van der Waals surface area (Å²) in [5.74, 6) is -1.41. The number of hydrogen-bond donors (Lipinski definition) is 1. The van der Waals surface area contributed by atoms with Crippen LogP contribution in [0.4, 0.5) is 0 Å². The highest BCUT2D eigenvalue weighted by Gasteiger charge is 2.18. The van der Waals surface area contributed by atoms with E-state index in [0.29, 0.717) is 50.6 Å². The smallest absolute Gasteiger partial charge is 0.339 e. The maximum absolute atomic E-state index is 11.8. The van der Waals surface area contributed by atoms with Crippen molar-refractivity contribution in [1.29, 1.82) is 0 Å². The summed E-state index contributed by atoms with van der Waals surface area (Å²) in [7, 11) is 1.35. The van der Waals surface area contributed by atoms with Crippen molar-refractivity contribution in [3.8, 4) is 54.8 Å². The molecule has 0 spiro atoms. The Morgan fingerprint density at radius 2 is 1.15 bits per heavy atom. The fourth-order valence-corrected chi connectivity index (χ4v) is 8.49. The zero-order valence-electron chi connectivity index (χ0n) is 26.3. The highest BCUT2D eigenvalue weighted by molar-refractivity contribution is 9.10. The first-order chi connectivity index (χ1) is 24.9. The Balaban J connectivity index is 0.000000181. The van der Waals surface area contributed by atoms with Gasteiger partial charge in [0.15, 0.2) is 0 Å². The second-order valence-corrected chi connectivity index (χ2v) is 16.4. The molecule has 4 aromatic carbocycles. The summed E-state index contributed by atoms with van der Waals surface area (Å²) in [5, 5.41) is 18.8. The lowest BCUT2D eigenvalue weighted by Gasteiger charge is -2.07. The summed E-state index contributed by atoms with van der Waals surface area (Å²) >= 11 is 37.9. The highest BCUT2D eigenvalue weighted by atomic mass is 79.9. The number of carboxylic acids is 1. The van der Waals surface area contributed by atoms with Gasteiger partial charge in [-0.05, 0) is 75.4 Å². The van der Waals surface area contributed by atoms with Gasteiger partial charge in [0.25, 0.3) is 0 Å². The molecule has 0 fully saturated rings. The Kier molecular flexibility index (Phi) is 12.4. The Hall–Kier alpha value is -3.29. The van der Waals surface area contributed by atoms with Gasteiger partial charge in [-0.15, -0.1) is 34.0 Å². The van der Waals surface area contributed by atoms with E-state index in [9.17, 15) is 14.7 Å². The minimum atomic E-state index is -1.01. The molecule has 0 saturated carbocycles. The number of thiazole rings is 2.